The number of Topliss-reactive ketones (excluding diaryl/α,β-unsaturated/α-hetero) is 1. The number of pyridine rings is 1. The summed E-state index contributed by atoms with van der Waals surface area (Å²) in [6.07, 6.45) is 0. The van der Waals surface area contributed by atoms with Crippen LogP contribution in [0, 0.1) is 0 Å². The maximum Gasteiger partial charge on any atom is 0.269 e. The second-order valence-electron chi connectivity index (χ2n) is 4.58. The predicted molar refractivity (Wildman–Crippen MR) is 77.0 cm³/mol. The third kappa shape index (κ3) is 1.75. The normalized spacial score (nSPS) is 10.9. The number of fused-ring (bicyclic) bond motifs is 3. The second kappa shape index (κ2) is 4.45. The molecular weight excluding hydrogens is 254 g/mol. The van der Waals surface area contributed by atoms with Gasteiger partial charge >= 0.3 is 0 Å². The van der Waals surface area contributed by atoms with Crippen molar-refractivity contribution < 1.29 is 9.59 Å². The molecule has 0 aliphatic carbocycles. The van der Waals surface area contributed by atoms with Crippen molar-refractivity contribution in [2.75, 3.05) is 7.05 Å². The van der Waals surface area contributed by atoms with Crippen LogP contribution in [0.1, 0.15) is 27.9 Å². The zero-order chi connectivity index (χ0) is 14.3. The first-order chi connectivity index (χ1) is 9.61. The van der Waals surface area contributed by atoms with Gasteiger partial charge < -0.3 is 10.3 Å². The molecule has 0 bridgehead atoms. The summed E-state index contributed by atoms with van der Waals surface area (Å²) in [4.78, 5) is 31.0. The lowest BCUT2D eigenvalue weighted by Gasteiger charge is -2.03. The molecule has 0 saturated carbocycles. The molecule has 0 aliphatic heterocycles. The third-order valence-electron chi connectivity index (χ3n) is 3.29. The molecule has 2 heterocycles. The number of aromatic nitrogens is 2. The van der Waals surface area contributed by atoms with Gasteiger partial charge in [-0.2, -0.15) is 0 Å². The Morgan fingerprint density at radius 3 is 2.65 bits per heavy atom. The van der Waals surface area contributed by atoms with Crippen molar-refractivity contribution in [3.8, 4) is 0 Å². The number of hydrogen-bond donors (Lipinski definition) is 2. The van der Waals surface area contributed by atoms with Gasteiger partial charge in [0.05, 0.1) is 5.52 Å². The molecule has 3 rings (SSSR count). The molecule has 20 heavy (non-hydrogen) atoms. The van der Waals surface area contributed by atoms with E-state index in [1.807, 2.05) is 24.3 Å². The molecule has 5 heteroatoms. The SMILES string of the molecule is CNC(=O)c1cc2c([nH]c3ccccc32)c(C(C)=O)n1. The van der Waals surface area contributed by atoms with E-state index in [1.54, 1.807) is 6.07 Å². The van der Waals surface area contributed by atoms with Gasteiger partial charge in [0.15, 0.2) is 5.78 Å². The van der Waals surface area contributed by atoms with E-state index in [-0.39, 0.29) is 23.1 Å². The van der Waals surface area contributed by atoms with Gasteiger partial charge in [0.25, 0.3) is 5.91 Å². The number of hydrogen-bond acceptors (Lipinski definition) is 3. The summed E-state index contributed by atoms with van der Waals surface area (Å²) in [6.45, 7) is 1.45. The van der Waals surface area contributed by atoms with Crippen LogP contribution < -0.4 is 5.32 Å². The topological polar surface area (TPSA) is 74.8 Å². The zero-order valence-electron chi connectivity index (χ0n) is 11.2. The number of nitrogens with zero attached hydrogens (tertiary/aromatic N) is 1. The minimum absolute atomic E-state index is 0.174. The Morgan fingerprint density at radius 1 is 1.20 bits per heavy atom. The molecule has 3 aromatic rings. The van der Waals surface area contributed by atoms with Crippen LogP contribution >= 0.6 is 0 Å². The van der Waals surface area contributed by atoms with Crippen molar-refractivity contribution in [3.05, 3.63) is 41.7 Å². The number of rotatable bonds is 2. The third-order valence-corrected chi connectivity index (χ3v) is 3.29. The number of carbonyl (C=O) groups is 2. The summed E-state index contributed by atoms with van der Waals surface area (Å²) < 4.78 is 0. The fourth-order valence-electron chi connectivity index (χ4n) is 2.34. The van der Waals surface area contributed by atoms with Crippen LogP contribution in [-0.4, -0.2) is 28.7 Å². The highest BCUT2D eigenvalue weighted by Crippen LogP contribution is 2.27. The van der Waals surface area contributed by atoms with E-state index in [9.17, 15) is 9.59 Å². The molecule has 0 aliphatic rings. The van der Waals surface area contributed by atoms with Crippen molar-refractivity contribution in [1.82, 2.24) is 15.3 Å². The van der Waals surface area contributed by atoms with Crippen molar-refractivity contribution in [1.29, 1.82) is 0 Å². The fraction of sp³-hybridized carbons (Fsp3) is 0.133. The summed E-state index contributed by atoms with van der Waals surface area (Å²) in [7, 11) is 1.54. The Bertz CT molecular complexity index is 849. The largest absolute Gasteiger partial charge is 0.354 e. The smallest absolute Gasteiger partial charge is 0.269 e. The number of ketones is 1. The van der Waals surface area contributed by atoms with E-state index in [4.69, 9.17) is 0 Å². The minimum Gasteiger partial charge on any atom is -0.354 e. The van der Waals surface area contributed by atoms with Gasteiger partial charge in [0.1, 0.15) is 11.4 Å². The summed E-state index contributed by atoms with van der Waals surface area (Å²) in [6, 6.07) is 9.42. The van der Waals surface area contributed by atoms with Crippen LogP contribution in [0.5, 0.6) is 0 Å². The van der Waals surface area contributed by atoms with Crippen molar-refractivity contribution in [2.24, 2.45) is 0 Å². The minimum atomic E-state index is -0.306. The van der Waals surface area contributed by atoms with Gasteiger partial charge in [-0.15, -0.1) is 0 Å². The molecule has 0 unspecified atom stereocenters. The molecule has 2 aromatic heterocycles. The van der Waals surface area contributed by atoms with Gasteiger partial charge in [-0.1, -0.05) is 18.2 Å². The van der Waals surface area contributed by atoms with Crippen molar-refractivity contribution in [3.63, 3.8) is 0 Å². The molecule has 0 atom stereocenters. The van der Waals surface area contributed by atoms with Crippen LogP contribution in [0.25, 0.3) is 21.8 Å². The molecule has 1 amide bonds. The Balaban J connectivity index is 2.45. The number of amides is 1. The van der Waals surface area contributed by atoms with E-state index in [0.717, 1.165) is 16.3 Å². The molecule has 0 fully saturated rings. The average Bonchev–Trinajstić information content (AvgIpc) is 2.83. The van der Waals surface area contributed by atoms with Gasteiger partial charge in [0.2, 0.25) is 0 Å². The first-order valence-corrected chi connectivity index (χ1v) is 6.26. The summed E-state index contributed by atoms with van der Waals surface area (Å²) >= 11 is 0. The maximum absolute atomic E-state index is 11.8. The van der Waals surface area contributed by atoms with E-state index >= 15 is 0 Å². The number of H-pyrrole nitrogens is 1. The predicted octanol–water partition coefficient (Wildman–Crippen LogP) is 2.28. The molecule has 5 nitrogen and oxygen atoms in total. The van der Waals surface area contributed by atoms with Crippen LogP contribution in [0.3, 0.4) is 0 Å². The van der Waals surface area contributed by atoms with Crippen LogP contribution in [0.4, 0.5) is 0 Å². The zero-order valence-corrected chi connectivity index (χ0v) is 11.2. The molecule has 1 aromatic carbocycles. The molecule has 0 radical (unpaired) electrons. The highest BCUT2D eigenvalue weighted by molar-refractivity contribution is 6.15. The highest BCUT2D eigenvalue weighted by atomic mass is 16.2. The number of carbonyl (C=O) groups excluding carboxylic acids is 2. The highest BCUT2D eigenvalue weighted by Gasteiger charge is 2.17. The first-order valence-electron chi connectivity index (χ1n) is 6.26. The number of aromatic amines is 1. The van der Waals surface area contributed by atoms with E-state index in [0.29, 0.717) is 5.52 Å². The summed E-state index contributed by atoms with van der Waals surface area (Å²) in [5, 5.41) is 4.33. The first kappa shape index (κ1) is 12.3. The Kier molecular flexibility index (Phi) is 2.75. The summed E-state index contributed by atoms with van der Waals surface area (Å²) in [5.41, 5.74) is 2.12. The van der Waals surface area contributed by atoms with E-state index in [2.05, 4.69) is 15.3 Å². The molecule has 0 saturated heterocycles. The van der Waals surface area contributed by atoms with E-state index < -0.39 is 0 Å². The lowest BCUT2D eigenvalue weighted by molar-refractivity contribution is 0.0958. The molecule has 2 N–H and O–H groups in total. The van der Waals surface area contributed by atoms with Crippen LogP contribution in [0.15, 0.2) is 30.3 Å². The molecule has 0 spiro atoms. The lowest BCUT2D eigenvalue weighted by Crippen LogP contribution is -2.20. The van der Waals surface area contributed by atoms with E-state index in [1.165, 1.54) is 14.0 Å². The van der Waals surface area contributed by atoms with Crippen LogP contribution in [0.2, 0.25) is 0 Å². The van der Waals surface area contributed by atoms with Gasteiger partial charge in [-0.25, -0.2) is 4.98 Å². The number of para-hydroxylation sites is 1. The second-order valence-corrected chi connectivity index (χ2v) is 4.58. The molecular formula is C15H13N3O2. The quantitative estimate of drug-likeness (QED) is 0.699. The Morgan fingerprint density at radius 2 is 1.95 bits per heavy atom. The standard InChI is InChI=1S/C15H13N3O2/c1-8(19)13-14-10(7-12(18-13)15(20)16-2)9-5-3-4-6-11(9)17-14/h3-7,17H,1-2H3,(H,16,20). The Labute approximate surface area is 115 Å². The maximum atomic E-state index is 11.8. The lowest BCUT2D eigenvalue weighted by atomic mass is 10.1. The van der Waals surface area contributed by atoms with Gasteiger partial charge in [-0.05, 0) is 12.1 Å². The fourth-order valence-corrected chi connectivity index (χ4v) is 2.34. The average molecular weight is 267 g/mol. The van der Waals surface area contributed by atoms with Crippen molar-refractivity contribution >= 4 is 33.5 Å². The summed E-state index contributed by atoms with van der Waals surface area (Å²) in [5.74, 6) is -0.480. The van der Waals surface area contributed by atoms with Crippen LogP contribution in [-0.2, 0) is 0 Å². The van der Waals surface area contributed by atoms with Gasteiger partial charge in [-0.3, -0.25) is 9.59 Å². The monoisotopic (exact) mass is 267 g/mol. The van der Waals surface area contributed by atoms with Crippen molar-refractivity contribution in [2.45, 2.75) is 6.92 Å². The number of benzene rings is 1. The Hall–Kier alpha value is -2.69. The molecule has 100 valence electrons. The number of nitrogens with one attached hydrogen (secondary N) is 2. The van der Waals surface area contributed by atoms with Gasteiger partial charge in [0, 0.05) is 30.3 Å².